The molecule has 2 nitrogen and oxygen atoms in total. The Morgan fingerprint density at radius 2 is 2.04 bits per heavy atom. The first kappa shape index (κ1) is 14.9. The van der Waals surface area contributed by atoms with Gasteiger partial charge in [0.25, 0.3) is 0 Å². The van der Waals surface area contributed by atoms with Crippen molar-refractivity contribution in [2.75, 3.05) is 7.11 Å². The maximum Gasteiger partial charge on any atom is 0.135 e. The van der Waals surface area contributed by atoms with E-state index in [0.29, 0.717) is 11.3 Å². The first-order valence-electron chi connectivity index (χ1n) is 8.84. The number of fused-ring (bicyclic) bond motifs is 4. The van der Waals surface area contributed by atoms with Gasteiger partial charge in [-0.05, 0) is 67.2 Å². The van der Waals surface area contributed by atoms with Gasteiger partial charge >= 0.3 is 0 Å². The SMILES string of the molecule is COc1ccc2oc3c(c2c1)[C@@H](C)CCC1=C3CCCC1(C)C. The van der Waals surface area contributed by atoms with Gasteiger partial charge in [0.1, 0.15) is 17.1 Å². The Labute approximate surface area is 138 Å². The molecule has 0 N–H and O–H groups in total. The summed E-state index contributed by atoms with van der Waals surface area (Å²) in [5, 5.41) is 1.24. The molecule has 122 valence electrons. The molecule has 0 fully saturated rings. The van der Waals surface area contributed by atoms with Crippen LogP contribution >= 0.6 is 0 Å². The van der Waals surface area contributed by atoms with Crippen LogP contribution < -0.4 is 4.74 Å². The van der Waals surface area contributed by atoms with Crippen LogP contribution in [-0.4, -0.2) is 7.11 Å². The van der Waals surface area contributed by atoms with Gasteiger partial charge in [0.05, 0.1) is 7.11 Å². The number of ether oxygens (including phenoxy) is 1. The molecular formula is C21H26O2. The highest BCUT2D eigenvalue weighted by Gasteiger charge is 2.36. The second kappa shape index (κ2) is 5.15. The molecule has 1 heterocycles. The molecule has 0 spiro atoms. The smallest absolute Gasteiger partial charge is 0.135 e. The van der Waals surface area contributed by atoms with Gasteiger partial charge in [-0.2, -0.15) is 0 Å². The topological polar surface area (TPSA) is 22.4 Å². The summed E-state index contributed by atoms with van der Waals surface area (Å²) in [6, 6.07) is 6.20. The Morgan fingerprint density at radius 1 is 1.22 bits per heavy atom. The molecule has 2 aliphatic carbocycles. The van der Waals surface area contributed by atoms with Gasteiger partial charge in [0.2, 0.25) is 0 Å². The van der Waals surface area contributed by atoms with Crippen molar-refractivity contribution >= 4 is 16.5 Å². The van der Waals surface area contributed by atoms with Crippen molar-refractivity contribution in [1.82, 2.24) is 0 Å². The Balaban J connectivity index is 2.00. The molecule has 1 aromatic carbocycles. The van der Waals surface area contributed by atoms with Crippen LogP contribution in [0.5, 0.6) is 5.75 Å². The second-order valence-corrected chi connectivity index (χ2v) is 7.84. The van der Waals surface area contributed by atoms with Crippen molar-refractivity contribution in [2.45, 2.75) is 58.8 Å². The lowest BCUT2D eigenvalue weighted by Gasteiger charge is -2.34. The number of hydrogen-bond acceptors (Lipinski definition) is 2. The molecule has 1 aromatic heterocycles. The summed E-state index contributed by atoms with van der Waals surface area (Å²) in [5.74, 6) is 2.61. The van der Waals surface area contributed by atoms with Gasteiger partial charge < -0.3 is 9.15 Å². The van der Waals surface area contributed by atoms with Crippen molar-refractivity contribution in [2.24, 2.45) is 5.41 Å². The van der Waals surface area contributed by atoms with Gasteiger partial charge in [0, 0.05) is 10.9 Å². The minimum absolute atomic E-state index is 0.311. The Kier molecular flexibility index (Phi) is 3.33. The van der Waals surface area contributed by atoms with Crippen LogP contribution in [0.1, 0.15) is 70.1 Å². The van der Waals surface area contributed by atoms with E-state index < -0.39 is 0 Å². The summed E-state index contributed by atoms with van der Waals surface area (Å²) in [6.07, 6.45) is 6.14. The monoisotopic (exact) mass is 310 g/mol. The van der Waals surface area contributed by atoms with E-state index >= 15 is 0 Å². The largest absolute Gasteiger partial charge is 0.497 e. The standard InChI is InChI=1S/C21H26O2/c1-13-7-9-17-15(6-5-11-21(17,2)3)20-19(13)16-12-14(22-4)8-10-18(16)23-20/h8,10,12-13H,5-7,9,11H2,1-4H3/t13-/m0/s1. The summed E-state index contributed by atoms with van der Waals surface area (Å²) < 4.78 is 11.8. The number of hydrogen-bond donors (Lipinski definition) is 0. The molecule has 0 aliphatic heterocycles. The van der Waals surface area contributed by atoms with Crippen LogP contribution in [-0.2, 0) is 0 Å². The number of benzene rings is 1. The summed E-state index contributed by atoms with van der Waals surface area (Å²) in [4.78, 5) is 0. The fraction of sp³-hybridized carbons (Fsp3) is 0.524. The fourth-order valence-electron chi connectivity index (χ4n) is 4.60. The number of allylic oxidation sites excluding steroid dienone is 2. The molecule has 1 atom stereocenters. The predicted octanol–water partition coefficient (Wildman–Crippen LogP) is 6.30. The van der Waals surface area contributed by atoms with E-state index in [9.17, 15) is 0 Å². The average molecular weight is 310 g/mol. The normalized spacial score (nSPS) is 23.4. The van der Waals surface area contributed by atoms with E-state index in [4.69, 9.17) is 9.15 Å². The van der Waals surface area contributed by atoms with Gasteiger partial charge in [0.15, 0.2) is 0 Å². The van der Waals surface area contributed by atoms with Crippen LogP contribution in [0, 0.1) is 5.41 Å². The number of furan rings is 1. The van der Waals surface area contributed by atoms with Crippen LogP contribution in [0.3, 0.4) is 0 Å². The molecule has 0 bridgehead atoms. The van der Waals surface area contributed by atoms with E-state index in [2.05, 4.69) is 32.9 Å². The van der Waals surface area contributed by atoms with Crippen molar-refractivity contribution < 1.29 is 9.15 Å². The zero-order valence-electron chi connectivity index (χ0n) is 14.7. The van der Waals surface area contributed by atoms with Crippen molar-refractivity contribution in [3.63, 3.8) is 0 Å². The van der Waals surface area contributed by atoms with Crippen LogP contribution in [0.4, 0.5) is 0 Å². The quantitative estimate of drug-likeness (QED) is 0.616. The van der Waals surface area contributed by atoms with E-state index in [-0.39, 0.29) is 0 Å². The van der Waals surface area contributed by atoms with Crippen LogP contribution in [0.2, 0.25) is 0 Å². The van der Waals surface area contributed by atoms with Gasteiger partial charge in [-0.1, -0.05) is 26.3 Å². The van der Waals surface area contributed by atoms with E-state index in [0.717, 1.165) is 17.8 Å². The first-order chi connectivity index (χ1) is 11.0. The first-order valence-corrected chi connectivity index (χ1v) is 8.84. The van der Waals surface area contributed by atoms with Crippen molar-refractivity contribution in [3.05, 3.63) is 35.1 Å². The third-order valence-corrected chi connectivity index (χ3v) is 5.94. The van der Waals surface area contributed by atoms with E-state index in [1.54, 1.807) is 12.7 Å². The minimum atomic E-state index is 0.311. The van der Waals surface area contributed by atoms with Crippen molar-refractivity contribution in [3.8, 4) is 5.75 Å². The summed E-state index contributed by atoms with van der Waals surface area (Å²) >= 11 is 0. The molecule has 0 saturated heterocycles. The predicted molar refractivity (Wildman–Crippen MR) is 95.0 cm³/mol. The lowest BCUT2D eigenvalue weighted by atomic mass is 9.71. The average Bonchev–Trinajstić information content (AvgIpc) is 2.83. The second-order valence-electron chi connectivity index (χ2n) is 7.84. The van der Waals surface area contributed by atoms with Crippen molar-refractivity contribution in [1.29, 1.82) is 0 Å². The minimum Gasteiger partial charge on any atom is -0.497 e. The highest BCUT2D eigenvalue weighted by atomic mass is 16.5. The summed E-state index contributed by atoms with van der Waals surface area (Å²) in [5.41, 5.74) is 5.85. The maximum absolute atomic E-state index is 6.39. The number of rotatable bonds is 1. The molecule has 2 aromatic rings. The highest BCUT2D eigenvalue weighted by molar-refractivity contribution is 5.89. The molecule has 0 saturated carbocycles. The van der Waals surface area contributed by atoms with Gasteiger partial charge in [-0.3, -0.25) is 0 Å². The number of methoxy groups -OCH3 is 1. The molecule has 4 rings (SSSR count). The lowest BCUT2D eigenvalue weighted by molar-refractivity contribution is 0.364. The lowest BCUT2D eigenvalue weighted by Crippen LogP contribution is -2.20. The van der Waals surface area contributed by atoms with Crippen LogP contribution in [0.25, 0.3) is 16.5 Å². The van der Waals surface area contributed by atoms with Gasteiger partial charge in [-0.15, -0.1) is 0 Å². The summed E-state index contributed by atoms with van der Waals surface area (Å²) in [6.45, 7) is 7.16. The zero-order valence-corrected chi connectivity index (χ0v) is 14.7. The molecular weight excluding hydrogens is 284 g/mol. The third-order valence-electron chi connectivity index (χ3n) is 5.94. The third kappa shape index (κ3) is 2.22. The molecule has 0 amide bonds. The molecule has 2 heteroatoms. The summed E-state index contributed by atoms with van der Waals surface area (Å²) in [7, 11) is 1.73. The molecule has 0 radical (unpaired) electrons. The Morgan fingerprint density at radius 3 is 2.83 bits per heavy atom. The zero-order chi connectivity index (χ0) is 16.2. The fourth-order valence-corrected chi connectivity index (χ4v) is 4.60. The van der Waals surface area contributed by atoms with Crippen LogP contribution in [0.15, 0.2) is 28.2 Å². The van der Waals surface area contributed by atoms with E-state index in [1.165, 1.54) is 48.0 Å². The Hall–Kier alpha value is -1.70. The Bertz CT molecular complexity index is 792. The molecule has 0 unspecified atom stereocenters. The maximum atomic E-state index is 6.39. The molecule has 2 aliphatic rings. The van der Waals surface area contributed by atoms with E-state index in [1.807, 2.05) is 6.07 Å². The van der Waals surface area contributed by atoms with Gasteiger partial charge in [-0.25, -0.2) is 0 Å². The highest BCUT2D eigenvalue weighted by Crippen LogP contribution is 2.52. The molecule has 23 heavy (non-hydrogen) atoms.